The molecule has 102 valence electrons. The first-order chi connectivity index (χ1) is 9.09. The number of thiophene rings is 1. The van der Waals surface area contributed by atoms with E-state index in [0.29, 0.717) is 17.7 Å². The largest absolute Gasteiger partial charge is 0.367 e. The first-order valence-corrected chi connectivity index (χ1v) is 8.69. The van der Waals surface area contributed by atoms with Gasteiger partial charge in [0.05, 0.1) is 11.3 Å². The fraction of sp³-hybridized carbons (Fsp3) is 0.417. The van der Waals surface area contributed by atoms with Gasteiger partial charge in [0.25, 0.3) is 0 Å². The number of hydrogen-bond donors (Lipinski definition) is 1. The Balaban J connectivity index is 2.11. The second kappa shape index (κ2) is 4.64. The van der Waals surface area contributed by atoms with E-state index >= 15 is 0 Å². The Morgan fingerprint density at radius 2 is 2.26 bits per heavy atom. The van der Waals surface area contributed by atoms with E-state index in [1.165, 1.54) is 11.3 Å². The lowest BCUT2D eigenvalue weighted by Gasteiger charge is -2.20. The van der Waals surface area contributed by atoms with Crippen LogP contribution in [0.5, 0.6) is 0 Å². The summed E-state index contributed by atoms with van der Waals surface area (Å²) in [6.45, 7) is 0. The standard InChI is InChI=1S/C12H14N2O3S2/c13-12-10(8-4-3-6-18-8)11(14-17-12)9-5-1-2-7-19(9,15)16/h3-4,6,9H,1-2,5,7,13H2. The molecule has 3 heterocycles. The van der Waals surface area contributed by atoms with Crippen molar-refractivity contribution in [1.29, 1.82) is 0 Å². The van der Waals surface area contributed by atoms with Crippen molar-refractivity contribution in [3.63, 3.8) is 0 Å². The third kappa shape index (κ3) is 2.17. The highest BCUT2D eigenvalue weighted by Crippen LogP contribution is 2.42. The Morgan fingerprint density at radius 1 is 1.42 bits per heavy atom. The highest BCUT2D eigenvalue weighted by atomic mass is 32.2. The number of nitrogens with two attached hydrogens (primary N) is 1. The lowest BCUT2D eigenvalue weighted by Crippen LogP contribution is -2.22. The molecule has 0 bridgehead atoms. The van der Waals surface area contributed by atoms with Crippen molar-refractivity contribution < 1.29 is 12.9 Å². The van der Waals surface area contributed by atoms with Gasteiger partial charge in [0, 0.05) is 4.88 Å². The van der Waals surface area contributed by atoms with Crippen molar-refractivity contribution in [2.24, 2.45) is 0 Å². The van der Waals surface area contributed by atoms with E-state index in [9.17, 15) is 8.42 Å². The maximum atomic E-state index is 12.2. The Morgan fingerprint density at radius 3 is 2.95 bits per heavy atom. The van der Waals surface area contributed by atoms with E-state index in [2.05, 4.69) is 5.16 Å². The van der Waals surface area contributed by atoms with Crippen LogP contribution in [0.1, 0.15) is 30.2 Å². The molecule has 1 unspecified atom stereocenters. The molecular weight excluding hydrogens is 284 g/mol. The molecule has 3 rings (SSSR count). The van der Waals surface area contributed by atoms with Crippen LogP contribution in [0, 0.1) is 0 Å². The number of aromatic nitrogens is 1. The molecule has 1 aliphatic rings. The molecule has 5 nitrogen and oxygen atoms in total. The molecule has 0 aliphatic carbocycles. The van der Waals surface area contributed by atoms with Crippen LogP contribution in [-0.4, -0.2) is 19.3 Å². The van der Waals surface area contributed by atoms with Crippen molar-refractivity contribution in [2.45, 2.75) is 24.5 Å². The molecule has 1 fully saturated rings. The van der Waals surface area contributed by atoms with Gasteiger partial charge < -0.3 is 10.3 Å². The Kier molecular flexibility index (Phi) is 3.10. The quantitative estimate of drug-likeness (QED) is 0.921. The first-order valence-electron chi connectivity index (χ1n) is 6.10. The zero-order valence-electron chi connectivity index (χ0n) is 10.2. The molecule has 0 saturated carbocycles. The summed E-state index contributed by atoms with van der Waals surface area (Å²) in [5.41, 5.74) is 6.93. The molecule has 0 aromatic carbocycles. The number of nitrogens with zero attached hydrogens (tertiary/aromatic N) is 1. The Labute approximate surface area is 115 Å². The molecule has 0 amide bonds. The zero-order chi connectivity index (χ0) is 13.5. The second-order valence-corrected chi connectivity index (χ2v) is 7.89. The maximum absolute atomic E-state index is 12.2. The number of sulfone groups is 1. The van der Waals surface area contributed by atoms with Crippen LogP contribution >= 0.6 is 11.3 Å². The molecule has 1 atom stereocenters. The predicted molar refractivity (Wildman–Crippen MR) is 74.6 cm³/mol. The van der Waals surface area contributed by atoms with Gasteiger partial charge in [-0.2, -0.15) is 0 Å². The van der Waals surface area contributed by atoms with E-state index < -0.39 is 15.1 Å². The first kappa shape index (κ1) is 12.7. The lowest BCUT2D eigenvalue weighted by atomic mass is 10.1. The van der Waals surface area contributed by atoms with E-state index in [4.69, 9.17) is 10.3 Å². The van der Waals surface area contributed by atoms with Gasteiger partial charge in [-0.25, -0.2) is 8.42 Å². The lowest BCUT2D eigenvalue weighted by molar-refractivity contribution is 0.421. The molecule has 2 aromatic heterocycles. The third-order valence-corrected chi connectivity index (χ3v) is 6.47. The van der Waals surface area contributed by atoms with E-state index in [1.807, 2.05) is 17.5 Å². The minimum absolute atomic E-state index is 0.193. The highest BCUT2D eigenvalue weighted by molar-refractivity contribution is 7.91. The number of hydrogen-bond acceptors (Lipinski definition) is 6. The molecule has 2 N–H and O–H groups in total. The van der Waals surface area contributed by atoms with E-state index in [-0.39, 0.29) is 11.6 Å². The number of anilines is 1. The average Bonchev–Trinajstić information content (AvgIpc) is 2.97. The van der Waals surface area contributed by atoms with Crippen LogP contribution in [-0.2, 0) is 9.84 Å². The summed E-state index contributed by atoms with van der Waals surface area (Å²) >= 11 is 1.50. The summed E-state index contributed by atoms with van der Waals surface area (Å²) in [5, 5.41) is 5.25. The van der Waals surface area contributed by atoms with Gasteiger partial charge in [0.15, 0.2) is 9.84 Å². The minimum atomic E-state index is -3.15. The van der Waals surface area contributed by atoms with Crippen molar-refractivity contribution in [1.82, 2.24) is 5.16 Å². The van der Waals surface area contributed by atoms with Crippen LogP contribution in [0.4, 0.5) is 5.88 Å². The van der Waals surface area contributed by atoms with Crippen molar-refractivity contribution in [3.05, 3.63) is 23.2 Å². The summed E-state index contributed by atoms with van der Waals surface area (Å²) in [4.78, 5) is 0.898. The highest BCUT2D eigenvalue weighted by Gasteiger charge is 2.35. The predicted octanol–water partition coefficient (Wildman–Crippen LogP) is 2.63. The summed E-state index contributed by atoms with van der Waals surface area (Å²) in [6.07, 6.45) is 2.20. The molecule has 0 spiro atoms. The topological polar surface area (TPSA) is 86.2 Å². The minimum Gasteiger partial charge on any atom is -0.367 e. The SMILES string of the molecule is Nc1onc(C2CCCCS2(=O)=O)c1-c1cccs1. The van der Waals surface area contributed by atoms with Crippen molar-refractivity contribution in [2.75, 3.05) is 11.5 Å². The molecule has 7 heteroatoms. The monoisotopic (exact) mass is 298 g/mol. The van der Waals surface area contributed by atoms with Gasteiger partial charge >= 0.3 is 0 Å². The zero-order valence-corrected chi connectivity index (χ0v) is 11.8. The molecular formula is C12H14N2O3S2. The smallest absolute Gasteiger partial charge is 0.231 e. The van der Waals surface area contributed by atoms with Crippen LogP contribution in [0.2, 0.25) is 0 Å². The van der Waals surface area contributed by atoms with Crippen LogP contribution in [0.3, 0.4) is 0 Å². The Bertz CT molecular complexity index is 674. The molecule has 2 aromatic rings. The molecule has 1 saturated heterocycles. The van der Waals surface area contributed by atoms with Crippen molar-refractivity contribution >= 4 is 27.1 Å². The molecule has 0 radical (unpaired) electrons. The summed E-state index contributed by atoms with van der Waals surface area (Å²) < 4.78 is 29.4. The molecule has 1 aliphatic heterocycles. The fourth-order valence-corrected chi connectivity index (χ4v) is 5.17. The number of nitrogen functional groups attached to an aromatic ring is 1. The van der Waals surface area contributed by atoms with E-state index in [0.717, 1.165) is 17.7 Å². The Hall–Kier alpha value is -1.34. The van der Waals surface area contributed by atoms with Gasteiger partial charge in [0.1, 0.15) is 10.9 Å². The normalized spacial score (nSPS) is 22.4. The van der Waals surface area contributed by atoms with Gasteiger partial charge in [-0.15, -0.1) is 11.3 Å². The van der Waals surface area contributed by atoms with Gasteiger partial charge in [-0.1, -0.05) is 17.6 Å². The number of rotatable bonds is 2. The van der Waals surface area contributed by atoms with Crippen LogP contribution < -0.4 is 5.73 Å². The maximum Gasteiger partial charge on any atom is 0.231 e. The summed E-state index contributed by atoms with van der Waals surface area (Å²) in [5.74, 6) is 0.409. The van der Waals surface area contributed by atoms with E-state index in [1.54, 1.807) is 0 Å². The van der Waals surface area contributed by atoms with Gasteiger partial charge in [-0.3, -0.25) is 0 Å². The van der Waals surface area contributed by atoms with Gasteiger partial charge in [0.2, 0.25) is 5.88 Å². The summed E-state index contributed by atoms with van der Waals surface area (Å²) in [7, 11) is -3.15. The van der Waals surface area contributed by atoms with Gasteiger partial charge in [-0.05, 0) is 24.3 Å². The fourth-order valence-electron chi connectivity index (χ4n) is 2.47. The summed E-state index contributed by atoms with van der Waals surface area (Å²) in [6, 6.07) is 3.79. The van der Waals surface area contributed by atoms with Crippen LogP contribution in [0.25, 0.3) is 10.4 Å². The molecule has 19 heavy (non-hydrogen) atoms. The van der Waals surface area contributed by atoms with Crippen molar-refractivity contribution in [3.8, 4) is 10.4 Å². The van der Waals surface area contributed by atoms with Crippen LogP contribution in [0.15, 0.2) is 22.0 Å². The second-order valence-electron chi connectivity index (χ2n) is 4.64. The average molecular weight is 298 g/mol. The third-order valence-electron chi connectivity index (χ3n) is 3.40.